The maximum atomic E-state index is 12.2. The number of rotatable bonds is 4. The van der Waals surface area contributed by atoms with E-state index in [1.165, 1.54) is 31.4 Å². The summed E-state index contributed by atoms with van der Waals surface area (Å²) < 4.78 is 0. The Bertz CT molecular complexity index is 474. The van der Waals surface area contributed by atoms with Crippen molar-refractivity contribution < 1.29 is 4.79 Å². The highest BCUT2D eigenvalue weighted by atomic mass is 16.1. The number of anilines is 1. The second-order valence-electron chi connectivity index (χ2n) is 5.90. The Morgan fingerprint density at radius 3 is 2.47 bits per heavy atom. The third-order valence-electron chi connectivity index (χ3n) is 4.12. The van der Waals surface area contributed by atoms with E-state index in [-0.39, 0.29) is 5.91 Å². The fourth-order valence-electron chi connectivity index (χ4n) is 2.75. The molecule has 2 saturated carbocycles. The monoisotopic (exact) mass is 258 g/mol. The second kappa shape index (κ2) is 5.24. The first-order valence-electron chi connectivity index (χ1n) is 7.40. The van der Waals surface area contributed by atoms with E-state index >= 15 is 0 Å². The van der Waals surface area contributed by atoms with Crippen molar-refractivity contribution in [3.05, 3.63) is 29.3 Å². The van der Waals surface area contributed by atoms with E-state index in [0.29, 0.717) is 12.1 Å². The molecule has 1 amide bonds. The number of hydrogen-bond donors (Lipinski definition) is 2. The normalized spacial score (nSPS) is 19.4. The average molecular weight is 258 g/mol. The minimum atomic E-state index is 0.0768. The molecule has 0 spiro atoms. The molecule has 2 aliphatic carbocycles. The van der Waals surface area contributed by atoms with Crippen molar-refractivity contribution in [3.8, 4) is 0 Å². The molecule has 0 radical (unpaired) electrons. The van der Waals surface area contributed by atoms with Crippen molar-refractivity contribution in [2.75, 3.05) is 5.32 Å². The molecule has 3 rings (SSSR count). The van der Waals surface area contributed by atoms with Gasteiger partial charge in [0.15, 0.2) is 0 Å². The summed E-state index contributed by atoms with van der Waals surface area (Å²) in [5.74, 6) is 0.0768. The van der Waals surface area contributed by atoms with Gasteiger partial charge in [-0.25, -0.2) is 0 Å². The van der Waals surface area contributed by atoms with Gasteiger partial charge < -0.3 is 10.6 Å². The van der Waals surface area contributed by atoms with Gasteiger partial charge in [0.25, 0.3) is 5.91 Å². The molecule has 0 aromatic heterocycles. The predicted molar refractivity (Wildman–Crippen MR) is 77.5 cm³/mol. The Labute approximate surface area is 114 Å². The zero-order valence-corrected chi connectivity index (χ0v) is 11.5. The maximum Gasteiger partial charge on any atom is 0.251 e. The minimum Gasteiger partial charge on any atom is -0.382 e. The maximum absolute atomic E-state index is 12.2. The quantitative estimate of drug-likeness (QED) is 0.870. The fourth-order valence-corrected chi connectivity index (χ4v) is 2.75. The SMILES string of the molecule is Cc1cc(C(=O)NC2CCCC2)ccc1NC1CC1. The molecule has 2 N–H and O–H groups in total. The Balaban J connectivity index is 1.66. The third-order valence-corrected chi connectivity index (χ3v) is 4.12. The largest absolute Gasteiger partial charge is 0.382 e. The van der Waals surface area contributed by atoms with Crippen molar-refractivity contribution in [1.82, 2.24) is 5.32 Å². The van der Waals surface area contributed by atoms with Crippen LogP contribution in [0.15, 0.2) is 18.2 Å². The molecular weight excluding hydrogens is 236 g/mol. The molecule has 19 heavy (non-hydrogen) atoms. The van der Waals surface area contributed by atoms with Gasteiger partial charge in [0.05, 0.1) is 0 Å². The van der Waals surface area contributed by atoms with E-state index < -0.39 is 0 Å². The summed E-state index contributed by atoms with van der Waals surface area (Å²) in [6.07, 6.45) is 7.28. The molecule has 1 aromatic rings. The van der Waals surface area contributed by atoms with Crippen LogP contribution in [0.5, 0.6) is 0 Å². The first-order valence-corrected chi connectivity index (χ1v) is 7.40. The average Bonchev–Trinajstić information content (AvgIpc) is 3.07. The molecule has 0 aliphatic heterocycles. The van der Waals surface area contributed by atoms with Crippen molar-refractivity contribution in [1.29, 1.82) is 0 Å². The number of carbonyl (C=O) groups excluding carboxylic acids is 1. The van der Waals surface area contributed by atoms with E-state index in [0.717, 1.165) is 24.0 Å². The summed E-state index contributed by atoms with van der Waals surface area (Å²) >= 11 is 0. The summed E-state index contributed by atoms with van der Waals surface area (Å²) in [7, 11) is 0. The highest BCUT2D eigenvalue weighted by molar-refractivity contribution is 5.95. The summed E-state index contributed by atoms with van der Waals surface area (Å²) in [5.41, 5.74) is 3.11. The standard InChI is InChI=1S/C16H22N2O/c1-11-10-12(6-9-15(11)17-14-7-8-14)16(19)18-13-4-2-3-5-13/h6,9-10,13-14,17H,2-5,7-8H2,1H3,(H,18,19). The van der Waals surface area contributed by atoms with E-state index in [4.69, 9.17) is 0 Å². The Morgan fingerprint density at radius 1 is 1.11 bits per heavy atom. The van der Waals surface area contributed by atoms with Gasteiger partial charge in [-0.15, -0.1) is 0 Å². The molecule has 2 aliphatic rings. The van der Waals surface area contributed by atoms with Gasteiger partial charge in [0.2, 0.25) is 0 Å². The van der Waals surface area contributed by atoms with Gasteiger partial charge in [0, 0.05) is 23.3 Å². The lowest BCUT2D eigenvalue weighted by atomic mass is 10.1. The Hall–Kier alpha value is -1.51. The predicted octanol–water partition coefficient (Wildman–Crippen LogP) is 3.24. The number of hydrogen-bond acceptors (Lipinski definition) is 2. The van der Waals surface area contributed by atoms with Crippen LogP contribution in [0.1, 0.15) is 54.4 Å². The lowest BCUT2D eigenvalue weighted by Crippen LogP contribution is -2.32. The lowest BCUT2D eigenvalue weighted by molar-refractivity contribution is 0.0938. The third kappa shape index (κ3) is 3.09. The zero-order valence-electron chi connectivity index (χ0n) is 11.5. The molecule has 2 fully saturated rings. The number of aryl methyl sites for hydroxylation is 1. The molecule has 1 aromatic carbocycles. The van der Waals surface area contributed by atoms with Crippen LogP contribution in [0.3, 0.4) is 0 Å². The van der Waals surface area contributed by atoms with Crippen LogP contribution >= 0.6 is 0 Å². The van der Waals surface area contributed by atoms with Gasteiger partial charge in [0.1, 0.15) is 0 Å². The lowest BCUT2D eigenvalue weighted by Gasteiger charge is -2.14. The number of amides is 1. The smallest absolute Gasteiger partial charge is 0.251 e. The van der Waals surface area contributed by atoms with Gasteiger partial charge in [-0.05, 0) is 56.4 Å². The number of carbonyl (C=O) groups is 1. The molecule has 3 heteroatoms. The van der Waals surface area contributed by atoms with Crippen LogP contribution in [0.25, 0.3) is 0 Å². The van der Waals surface area contributed by atoms with Crippen LogP contribution in [0.2, 0.25) is 0 Å². The van der Waals surface area contributed by atoms with E-state index in [1.807, 2.05) is 18.2 Å². The van der Waals surface area contributed by atoms with Gasteiger partial charge in [-0.2, -0.15) is 0 Å². The Kier molecular flexibility index (Phi) is 3.45. The van der Waals surface area contributed by atoms with Crippen molar-refractivity contribution in [2.24, 2.45) is 0 Å². The van der Waals surface area contributed by atoms with Gasteiger partial charge in [-0.3, -0.25) is 4.79 Å². The molecule has 0 atom stereocenters. The van der Waals surface area contributed by atoms with Crippen molar-refractivity contribution in [3.63, 3.8) is 0 Å². The second-order valence-corrected chi connectivity index (χ2v) is 5.90. The molecule has 0 heterocycles. The molecule has 3 nitrogen and oxygen atoms in total. The van der Waals surface area contributed by atoms with Crippen LogP contribution in [-0.2, 0) is 0 Å². The first-order chi connectivity index (χ1) is 9.22. The van der Waals surface area contributed by atoms with E-state index in [2.05, 4.69) is 17.6 Å². The topological polar surface area (TPSA) is 41.1 Å². The highest BCUT2D eigenvalue weighted by Crippen LogP contribution is 2.27. The molecular formula is C16H22N2O. The molecule has 102 valence electrons. The van der Waals surface area contributed by atoms with Gasteiger partial charge >= 0.3 is 0 Å². The van der Waals surface area contributed by atoms with Crippen molar-refractivity contribution >= 4 is 11.6 Å². The first kappa shape index (κ1) is 12.5. The van der Waals surface area contributed by atoms with E-state index in [9.17, 15) is 4.79 Å². The molecule has 0 saturated heterocycles. The fraction of sp³-hybridized carbons (Fsp3) is 0.562. The van der Waals surface area contributed by atoms with Crippen LogP contribution in [0, 0.1) is 6.92 Å². The number of benzene rings is 1. The van der Waals surface area contributed by atoms with Crippen LogP contribution < -0.4 is 10.6 Å². The van der Waals surface area contributed by atoms with Gasteiger partial charge in [-0.1, -0.05) is 12.8 Å². The van der Waals surface area contributed by atoms with Crippen LogP contribution in [0.4, 0.5) is 5.69 Å². The summed E-state index contributed by atoms with van der Waals surface area (Å²) in [5, 5.41) is 6.63. The number of nitrogens with one attached hydrogen (secondary N) is 2. The molecule has 0 bridgehead atoms. The Morgan fingerprint density at radius 2 is 1.84 bits per heavy atom. The van der Waals surface area contributed by atoms with Crippen LogP contribution in [-0.4, -0.2) is 18.0 Å². The summed E-state index contributed by atoms with van der Waals surface area (Å²) in [6, 6.07) is 7.00. The summed E-state index contributed by atoms with van der Waals surface area (Å²) in [6.45, 7) is 2.07. The summed E-state index contributed by atoms with van der Waals surface area (Å²) in [4.78, 5) is 12.2. The van der Waals surface area contributed by atoms with Crippen molar-refractivity contribution in [2.45, 2.75) is 57.5 Å². The minimum absolute atomic E-state index is 0.0768. The molecule has 0 unspecified atom stereocenters. The zero-order chi connectivity index (χ0) is 13.2. The highest BCUT2D eigenvalue weighted by Gasteiger charge is 2.22. The van der Waals surface area contributed by atoms with E-state index in [1.54, 1.807) is 0 Å².